The molecular weight excluding hydrogens is 288 g/mol. The van der Waals surface area contributed by atoms with E-state index in [4.69, 9.17) is 0 Å². The summed E-state index contributed by atoms with van der Waals surface area (Å²) in [5.41, 5.74) is 1.16. The second-order valence-electron chi connectivity index (χ2n) is 5.62. The van der Waals surface area contributed by atoms with Crippen LogP contribution >= 0.6 is 0 Å². The van der Waals surface area contributed by atoms with Gasteiger partial charge in [0.2, 0.25) is 0 Å². The summed E-state index contributed by atoms with van der Waals surface area (Å²) in [6.07, 6.45) is 2.14. The molecule has 4 heteroatoms. The SMILES string of the molecule is C=CCC1(CNC(=O)c2ccccc2)Nc2ccccc2C1=O. The van der Waals surface area contributed by atoms with Crippen molar-refractivity contribution in [3.8, 4) is 0 Å². The quantitative estimate of drug-likeness (QED) is 0.835. The van der Waals surface area contributed by atoms with Gasteiger partial charge in [0.05, 0.1) is 0 Å². The lowest BCUT2D eigenvalue weighted by Gasteiger charge is -2.27. The van der Waals surface area contributed by atoms with Gasteiger partial charge in [-0.15, -0.1) is 6.58 Å². The van der Waals surface area contributed by atoms with Crippen LogP contribution in [0.15, 0.2) is 67.3 Å². The number of para-hydroxylation sites is 1. The van der Waals surface area contributed by atoms with Crippen LogP contribution in [0.25, 0.3) is 0 Å². The monoisotopic (exact) mass is 306 g/mol. The Labute approximate surface area is 135 Å². The molecule has 4 nitrogen and oxygen atoms in total. The van der Waals surface area contributed by atoms with Gasteiger partial charge >= 0.3 is 0 Å². The standard InChI is InChI=1S/C19H18N2O2/c1-2-12-19(13-20-18(23)14-8-4-3-5-9-14)17(22)15-10-6-7-11-16(15)21-19/h2-11,21H,1,12-13H2,(H,20,23). The van der Waals surface area contributed by atoms with Crippen LogP contribution in [0.5, 0.6) is 0 Å². The first-order valence-corrected chi connectivity index (χ1v) is 7.52. The van der Waals surface area contributed by atoms with Crippen molar-refractivity contribution in [1.82, 2.24) is 5.32 Å². The largest absolute Gasteiger partial charge is 0.370 e. The number of anilines is 1. The number of amides is 1. The van der Waals surface area contributed by atoms with Crippen LogP contribution in [0.4, 0.5) is 5.69 Å². The maximum Gasteiger partial charge on any atom is 0.251 e. The fraction of sp³-hybridized carbons (Fsp3) is 0.158. The summed E-state index contributed by atoms with van der Waals surface area (Å²) < 4.78 is 0. The smallest absolute Gasteiger partial charge is 0.251 e. The van der Waals surface area contributed by atoms with Gasteiger partial charge in [0.15, 0.2) is 5.78 Å². The summed E-state index contributed by atoms with van der Waals surface area (Å²) in [6.45, 7) is 3.96. The van der Waals surface area contributed by atoms with Gasteiger partial charge < -0.3 is 10.6 Å². The molecular formula is C19H18N2O2. The fourth-order valence-corrected chi connectivity index (χ4v) is 2.87. The van der Waals surface area contributed by atoms with Gasteiger partial charge in [-0.05, 0) is 30.7 Å². The Morgan fingerprint density at radius 2 is 1.83 bits per heavy atom. The van der Waals surface area contributed by atoms with Gasteiger partial charge in [-0.25, -0.2) is 0 Å². The Morgan fingerprint density at radius 3 is 2.52 bits per heavy atom. The van der Waals surface area contributed by atoms with Gasteiger partial charge in [0.25, 0.3) is 5.91 Å². The highest BCUT2D eigenvalue weighted by Crippen LogP contribution is 2.34. The van der Waals surface area contributed by atoms with Gasteiger partial charge in [-0.3, -0.25) is 9.59 Å². The Bertz CT molecular complexity index is 755. The molecule has 116 valence electrons. The lowest BCUT2D eigenvalue weighted by Crippen LogP contribution is -2.51. The van der Waals surface area contributed by atoms with E-state index >= 15 is 0 Å². The van der Waals surface area contributed by atoms with E-state index in [0.717, 1.165) is 5.69 Å². The number of hydrogen-bond acceptors (Lipinski definition) is 3. The lowest BCUT2D eigenvalue weighted by atomic mass is 9.89. The highest BCUT2D eigenvalue weighted by atomic mass is 16.2. The molecule has 2 N–H and O–H groups in total. The van der Waals surface area contributed by atoms with E-state index in [1.807, 2.05) is 36.4 Å². The minimum absolute atomic E-state index is 0.0126. The van der Waals surface area contributed by atoms with E-state index in [-0.39, 0.29) is 18.2 Å². The molecule has 0 aliphatic carbocycles. The van der Waals surface area contributed by atoms with Crippen molar-refractivity contribution in [3.05, 3.63) is 78.4 Å². The number of hydrogen-bond donors (Lipinski definition) is 2. The molecule has 1 aliphatic rings. The first-order valence-electron chi connectivity index (χ1n) is 7.52. The number of carbonyl (C=O) groups is 2. The van der Waals surface area contributed by atoms with Crippen LogP contribution in [0, 0.1) is 0 Å². The molecule has 1 unspecified atom stereocenters. The normalized spacial score (nSPS) is 18.9. The summed E-state index contributed by atoms with van der Waals surface area (Å²) in [6, 6.07) is 16.4. The lowest BCUT2D eigenvalue weighted by molar-refractivity contribution is 0.0892. The molecule has 1 aliphatic heterocycles. The average molecular weight is 306 g/mol. The van der Waals surface area contributed by atoms with Crippen molar-refractivity contribution in [2.24, 2.45) is 0 Å². The summed E-state index contributed by atoms with van der Waals surface area (Å²) in [4.78, 5) is 25.0. The third-order valence-corrected chi connectivity index (χ3v) is 4.06. The number of nitrogens with one attached hydrogen (secondary N) is 2. The molecule has 0 aromatic heterocycles. The highest BCUT2D eigenvalue weighted by Gasteiger charge is 2.44. The number of ketones is 1. The van der Waals surface area contributed by atoms with E-state index in [9.17, 15) is 9.59 Å². The van der Waals surface area contributed by atoms with Crippen LogP contribution in [0.3, 0.4) is 0 Å². The predicted octanol–water partition coefficient (Wildman–Crippen LogP) is 3.04. The fourth-order valence-electron chi connectivity index (χ4n) is 2.87. The molecule has 0 saturated heterocycles. The molecule has 0 fully saturated rings. The Hall–Kier alpha value is -2.88. The van der Waals surface area contributed by atoms with Crippen molar-refractivity contribution in [2.75, 3.05) is 11.9 Å². The second-order valence-corrected chi connectivity index (χ2v) is 5.62. The average Bonchev–Trinajstić information content (AvgIpc) is 2.87. The minimum Gasteiger partial charge on any atom is -0.370 e. The number of rotatable bonds is 5. The molecule has 0 bridgehead atoms. The zero-order valence-electron chi connectivity index (χ0n) is 12.7. The molecule has 2 aromatic rings. The molecule has 2 aromatic carbocycles. The zero-order valence-corrected chi connectivity index (χ0v) is 12.7. The maximum atomic E-state index is 12.8. The number of Topliss-reactive ketones (excluding diaryl/α,β-unsaturated/α-hetero) is 1. The molecule has 0 radical (unpaired) electrons. The van der Waals surface area contributed by atoms with E-state index in [1.165, 1.54) is 0 Å². The molecule has 1 atom stereocenters. The van der Waals surface area contributed by atoms with Crippen LogP contribution in [-0.4, -0.2) is 23.8 Å². The first kappa shape index (κ1) is 15.0. The second kappa shape index (κ2) is 6.08. The van der Waals surface area contributed by atoms with Crippen molar-refractivity contribution >= 4 is 17.4 Å². The minimum atomic E-state index is -0.865. The molecule has 23 heavy (non-hydrogen) atoms. The first-order chi connectivity index (χ1) is 11.2. The number of carbonyl (C=O) groups excluding carboxylic acids is 2. The summed E-state index contributed by atoms with van der Waals surface area (Å²) in [5, 5.41) is 6.13. The van der Waals surface area contributed by atoms with E-state index in [0.29, 0.717) is 17.5 Å². The van der Waals surface area contributed by atoms with E-state index in [2.05, 4.69) is 17.2 Å². The van der Waals surface area contributed by atoms with Crippen LogP contribution in [0.1, 0.15) is 27.1 Å². The van der Waals surface area contributed by atoms with Crippen LogP contribution in [0.2, 0.25) is 0 Å². The molecule has 1 amide bonds. The zero-order chi connectivity index (χ0) is 16.3. The molecule has 1 heterocycles. The number of benzene rings is 2. The highest BCUT2D eigenvalue weighted by molar-refractivity contribution is 6.14. The third kappa shape index (κ3) is 2.75. The maximum absolute atomic E-state index is 12.8. The molecule has 0 saturated carbocycles. The summed E-state index contributed by atoms with van der Waals surface area (Å²) in [7, 11) is 0. The Balaban J connectivity index is 1.80. The van der Waals surface area contributed by atoms with E-state index < -0.39 is 5.54 Å². The van der Waals surface area contributed by atoms with Crippen LogP contribution < -0.4 is 10.6 Å². The molecule has 3 rings (SSSR count). The third-order valence-electron chi connectivity index (χ3n) is 4.06. The van der Waals surface area contributed by atoms with Crippen LogP contribution in [-0.2, 0) is 0 Å². The summed E-state index contributed by atoms with van der Waals surface area (Å²) >= 11 is 0. The molecule has 0 spiro atoms. The summed E-state index contributed by atoms with van der Waals surface area (Å²) in [5.74, 6) is -0.207. The van der Waals surface area contributed by atoms with Gasteiger partial charge in [-0.1, -0.05) is 36.4 Å². The Kier molecular flexibility index (Phi) is 3.98. The van der Waals surface area contributed by atoms with Crippen molar-refractivity contribution < 1.29 is 9.59 Å². The van der Waals surface area contributed by atoms with Gasteiger partial charge in [-0.2, -0.15) is 0 Å². The topological polar surface area (TPSA) is 58.2 Å². The number of fused-ring (bicyclic) bond motifs is 1. The Morgan fingerprint density at radius 1 is 1.13 bits per heavy atom. The van der Waals surface area contributed by atoms with Crippen molar-refractivity contribution in [2.45, 2.75) is 12.0 Å². The predicted molar refractivity (Wildman–Crippen MR) is 90.7 cm³/mol. The van der Waals surface area contributed by atoms with Gasteiger partial charge in [0, 0.05) is 23.4 Å². The van der Waals surface area contributed by atoms with Gasteiger partial charge in [0.1, 0.15) is 5.54 Å². The van der Waals surface area contributed by atoms with Crippen molar-refractivity contribution in [3.63, 3.8) is 0 Å². The van der Waals surface area contributed by atoms with E-state index in [1.54, 1.807) is 24.3 Å². The van der Waals surface area contributed by atoms with Crippen molar-refractivity contribution in [1.29, 1.82) is 0 Å².